The van der Waals surface area contributed by atoms with Crippen LogP contribution in [0.5, 0.6) is 11.5 Å². The number of ether oxygens (including phenoxy) is 1. The molecule has 0 bridgehead atoms. The molecule has 0 spiro atoms. The van der Waals surface area contributed by atoms with E-state index in [1.807, 2.05) is 0 Å². The third kappa shape index (κ3) is 3.97. The van der Waals surface area contributed by atoms with Gasteiger partial charge in [-0.25, -0.2) is 14.4 Å². The standard InChI is InChI=1S/C22H16FN3O4/c1-29-18-8-6-14(11-17(18)23)25-22-16(21(28)26-20-4-2-3-9-24-20)10-13-5-7-15(27)12-19(13)30-22/h2-12,27H,1H3,(H,24,26,28). The summed E-state index contributed by atoms with van der Waals surface area (Å²) in [5.74, 6) is -0.674. The second-order valence-corrected chi connectivity index (χ2v) is 6.29. The van der Waals surface area contributed by atoms with E-state index in [9.17, 15) is 14.3 Å². The Hall–Kier alpha value is -4.20. The Labute approximate surface area is 170 Å². The zero-order valence-electron chi connectivity index (χ0n) is 15.8. The molecule has 2 aromatic heterocycles. The maximum absolute atomic E-state index is 14.1. The first-order chi connectivity index (χ1) is 14.5. The van der Waals surface area contributed by atoms with Gasteiger partial charge in [0.25, 0.3) is 5.91 Å². The van der Waals surface area contributed by atoms with Crippen LogP contribution in [0.4, 0.5) is 15.9 Å². The van der Waals surface area contributed by atoms with Crippen molar-refractivity contribution in [2.24, 2.45) is 4.99 Å². The first-order valence-electron chi connectivity index (χ1n) is 8.91. The number of carbonyl (C=O) groups is 1. The average molecular weight is 405 g/mol. The molecule has 0 atom stereocenters. The van der Waals surface area contributed by atoms with Gasteiger partial charge in [-0.15, -0.1) is 0 Å². The molecule has 4 aromatic rings. The molecule has 0 fully saturated rings. The van der Waals surface area contributed by atoms with Crippen LogP contribution in [0, 0.1) is 5.82 Å². The van der Waals surface area contributed by atoms with E-state index in [-0.39, 0.29) is 28.3 Å². The molecule has 1 amide bonds. The fraction of sp³-hybridized carbons (Fsp3) is 0.0455. The molecule has 0 saturated carbocycles. The molecule has 0 aliphatic rings. The number of aromatic nitrogens is 1. The van der Waals surface area contributed by atoms with Gasteiger partial charge in [0, 0.05) is 23.7 Å². The van der Waals surface area contributed by atoms with Gasteiger partial charge in [-0.3, -0.25) is 4.79 Å². The van der Waals surface area contributed by atoms with E-state index in [0.29, 0.717) is 16.8 Å². The van der Waals surface area contributed by atoms with Crippen molar-refractivity contribution in [3.8, 4) is 11.5 Å². The van der Waals surface area contributed by atoms with Crippen molar-refractivity contribution in [2.75, 3.05) is 12.4 Å². The fourth-order valence-corrected chi connectivity index (χ4v) is 2.82. The number of pyridine rings is 1. The summed E-state index contributed by atoms with van der Waals surface area (Å²) in [7, 11) is 1.36. The fourth-order valence-electron chi connectivity index (χ4n) is 2.82. The summed E-state index contributed by atoms with van der Waals surface area (Å²) in [6.07, 6.45) is 1.55. The lowest BCUT2D eigenvalue weighted by atomic mass is 10.1. The van der Waals surface area contributed by atoms with Crippen molar-refractivity contribution in [1.82, 2.24) is 4.98 Å². The molecule has 0 unspecified atom stereocenters. The molecule has 2 aromatic carbocycles. The minimum absolute atomic E-state index is 0.00150. The Balaban J connectivity index is 1.86. The van der Waals surface area contributed by atoms with Crippen molar-refractivity contribution in [2.45, 2.75) is 0 Å². The lowest BCUT2D eigenvalue weighted by Gasteiger charge is -2.07. The maximum atomic E-state index is 14.1. The smallest absolute Gasteiger partial charge is 0.262 e. The lowest BCUT2D eigenvalue weighted by molar-refractivity contribution is 0.102. The van der Waals surface area contributed by atoms with Crippen molar-refractivity contribution in [3.05, 3.63) is 83.8 Å². The highest BCUT2D eigenvalue weighted by Crippen LogP contribution is 2.23. The van der Waals surface area contributed by atoms with Crippen LogP contribution in [0.3, 0.4) is 0 Å². The third-order valence-corrected chi connectivity index (χ3v) is 4.25. The summed E-state index contributed by atoms with van der Waals surface area (Å²) in [6, 6.07) is 15.3. The third-order valence-electron chi connectivity index (χ3n) is 4.25. The molecule has 8 heteroatoms. The summed E-state index contributed by atoms with van der Waals surface area (Å²) >= 11 is 0. The number of nitrogens with zero attached hydrogens (tertiary/aromatic N) is 2. The number of amides is 1. The van der Waals surface area contributed by atoms with Crippen LogP contribution in [0.15, 0.2) is 76.3 Å². The number of aromatic hydroxyl groups is 1. The number of hydrogen-bond donors (Lipinski definition) is 2. The Bertz CT molecular complexity index is 1300. The van der Waals surface area contributed by atoms with E-state index >= 15 is 0 Å². The van der Waals surface area contributed by atoms with Gasteiger partial charge in [0.05, 0.1) is 12.8 Å². The van der Waals surface area contributed by atoms with E-state index in [0.717, 1.165) is 0 Å². The van der Waals surface area contributed by atoms with Gasteiger partial charge in [-0.2, -0.15) is 0 Å². The largest absolute Gasteiger partial charge is 0.508 e. The molecule has 150 valence electrons. The predicted molar refractivity (Wildman–Crippen MR) is 108 cm³/mol. The minimum atomic E-state index is -0.600. The number of anilines is 1. The quantitative estimate of drug-likeness (QED) is 0.531. The number of carbonyl (C=O) groups excluding carboxylic acids is 1. The van der Waals surface area contributed by atoms with Gasteiger partial charge in [0.15, 0.2) is 11.6 Å². The van der Waals surface area contributed by atoms with Crippen LogP contribution in [0.25, 0.3) is 11.0 Å². The van der Waals surface area contributed by atoms with E-state index in [1.54, 1.807) is 36.5 Å². The van der Waals surface area contributed by atoms with E-state index in [2.05, 4.69) is 15.3 Å². The zero-order chi connectivity index (χ0) is 21.1. The molecule has 2 N–H and O–H groups in total. The van der Waals surface area contributed by atoms with Crippen molar-refractivity contribution in [3.63, 3.8) is 0 Å². The maximum Gasteiger partial charge on any atom is 0.262 e. The van der Waals surface area contributed by atoms with Gasteiger partial charge in [0.2, 0.25) is 5.55 Å². The monoisotopic (exact) mass is 405 g/mol. The van der Waals surface area contributed by atoms with Crippen LogP contribution in [-0.2, 0) is 0 Å². The van der Waals surface area contributed by atoms with E-state index in [1.165, 1.54) is 37.4 Å². The summed E-state index contributed by atoms with van der Waals surface area (Å²) in [5.41, 5.74) is 0.613. The Morgan fingerprint density at radius 2 is 2.03 bits per heavy atom. The van der Waals surface area contributed by atoms with Gasteiger partial charge in [-0.05, 0) is 42.5 Å². The van der Waals surface area contributed by atoms with Gasteiger partial charge >= 0.3 is 0 Å². The van der Waals surface area contributed by atoms with Crippen molar-refractivity contribution in [1.29, 1.82) is 0 Å². The Morgan fingerprint density at radius 3 is 2.77 bits per heavy atom. The average Bonchev–Trinajstić information content (AvgIpc) is 2.74. The number of halogens is 1. The van der Waals surface area contributed by atoms with Crippen molar-refractivity contribution < 1.29 is 23.4 Å². The molecular formula is C22H16FN3O4. The number of phenols is 1. The first kappa shape index (κ1) is 19.1. The molecule has 0 radical (unpaired) electrons. The van der Waals surface area contributed by atoms with Gasteiger partial charge < -0.3 is 19.6 Å². The van der Waals surface area contributed by atoms with Crippen LogP contribution in [-0.4, -0.2) is 23.1 Å². The minimum Gasteiger partial charge on any atom is -0.508 e. The predicted octanol–water partition coefficient (Wildman–Crippen LogP) is 4.17. The highest BCUT2D eigenvalue weighted by atomic mass is 19.1. The number of rotatable bonds is 4. The van der Waals surface area contributed by atoms with Crippen LogP contribution in [0.1, 0.15) is 10.4 Å². The number of nitrogens with one attached hydrogen (secondary N) is 1. The second-order valence-electron chi connectivity index (χ2n) is 6.29. The van der Waals surface area contributed by atoms with E-state index in [4.69, 9.17) is 9.15 Å². The SMILES string of the molecule is COc1ccc(N=c2oc3cc(O)ccc3cc2C(=O)Nc2ccccn2)cc1F. The lowest BCUT2D eigenvalue weighted by Crippen LogP contribution is -2.22. The van der Waals surface area contributed by atoms with Crippen LogP contribution >= 0.6 is 0 Å². The normalized spacial score (nSPS) is 11.5. The molecule has 2 heterocycles. The Kier molecular flexibility index (Phi) is 5.13. The topological polar surface area (TPSA) is 97.0 Å². The van der Waals surface area contributed by atoms with Gasteiger partial charge in [-0.1, -0.05) is 6.07 Å². The highest BCUT2D eigenvalue weighted by Gasteiger charge is 2.14. The number of phenolic OH excluding ortho intramolecular Hbond substituents is 1. The van der Waals surface area contributed by atoms with E-state index < -0.39 is 11.7 Å². The molecule has 0 aliphatic carbocycles. The summed E-state index contributed by atoms with van der Waals surface area (Å²) in [6.45, 7) is 0. The molecule has 0 saturated heterocycles. The van der Waals surface area contributed by atoms with Crippen LogP contribution < -0.4 is 15.6 Å². The van der Waals surface area contributed by atoms with Crippen LogP contribution in [0.2, 0.25) is 0 Å². The molecular weight excluding hydrogens is 389 g/mol. The molecule has 4 rings (SSSR count). The highest BCUT2D eigenvalue weighted by molar-refractivity contribution is 6.05. The Morgan fingerprint density at radius 1 is 1.17 bits per heavy atom. The summed E-state index contributed by atoms with van der Waals surface area (Å²) in [5, 5.41) is 13.0. The summed E-state index contributed by atoms with van der Waals surface area (Å²) in [4.78, 5) is 21.3. The molecule has 7 nitrogen and oxygen atoms in total. The zero-order valence-corrected chi connectivity index (χ0v) is 15.8. The first-order valence-corrected chi connectivity index (χ1v) is 8.91. The number of fused-ring (bicyclic) bond motifs is 1. The van der Waals surface area contributed by atoms with Crippen molar-refractivity contribution >= 4 is 28.4 Å². The number of hydrogen-bond acceptors (Lipinski definition) is 6. The van der Waals surface area contributed by atoms with Gasteiger partial charge in [0.1, 0.15) is 22.7 Å². The number of benzene rings is 2. The number of methoxy groups -OCH3 is 1. The molecule has 30 heavy (non-hydrogen) atoms. The molecule has 0 aliphatic heterocycles. The summed E-state index contributed by atoms with van der Waals surface area (Å²) < 4.78 is 24.8. The second kappa shape index (κ2) is 8.04.